The smallest absolute Gasteiger partial charge is 0.345 e. The normalized spacial score (nSPS) is 10.8. The van der Waals surface area contributed by atoms with Crippen molar-refractivity contribution in [2.24, 2.45) is 0 Å². The standard InChI is InChI=1S/C19H11ClN2O3S/c20-14-7-3-2-6-12(14)17(23)22-19-21-15(10-26-19)13-9-11-5-1-4-8-16(11)25-18(13)24/h1-10H,(H,21,22,23). The zero-order valence-electron chi connectivity index (χ0n) is 13.2. The van der Waals surface area contributed by atoms with E-state index in [2.05, 4.69) is 10.3 Å². The molecule has 0 unspecified atom stereocenters. The van der Waals surface area contributed by atoms with Crippen molar-refractivity contribution < 1.29 is 9.21 Å². The van der Waals surface area contributed by atoms with Crippen molar-refractivity contribution in [2.75, 3.05) is 5.32 Å². The van der Waals surface area contributed by atoms with Crippen molar-refractivity contribution in [1.82, 2.24) is 4.98 Å². The number of carbonyl (C=O) groups excluding carboxylic acids is 1. The van der Waals surface area contributed by atoms with Crippen LogP contribution in [0, 0.1) is 0 Å². The minimum Gasteiger partial charge on any atom is -0.422 e. The van der Waals surface area contributed by atoms with Gasteiger partial charge in [-0.3, -0.25) is 10.1 Å². The number of thiazole rings is 1. The van der Waals surface area contributed by atoms with E-state index in [1.165, 1.54) is 11.3 Å². The molecule has 4 aromatic rings. The van der Waals surface area contributed by atoms with Gasteiger partial charge >= 0.3 is 5.63 Å². The van der Waals surface area contributed by atoms with Crippen molar-refractivity contribution in [3.05, 3.63) is 81.0 Å². The maximum Gasteiger partial charge on any atom is 0.345 e. The van der Waals surface area contributed by atoms with Crippen molar-refractivity contribution in [2.45, 2.75) is 0 Å². The van der Waals surface area contributed by atoms with Crippen LogP contribution in [0.3, 0.4) is 0 Å². The van der Waals surface area contributed by atoms with E-state index >= 15 is 0 Å². The summed E-state index contributed by atoms with van der Waals surface area (Å²) in [6, 6.07) is 15.7. The summed E-state index contributed by atoms with van der Waals surface area (Å²) in [5, 5.41) is 5.93. The monoisotopic (exact) mass is 382 g/mol. The summed E-state index contributed by atoms with van der Waals surface area (Å²) >= 11 is 7.25. The molecule has 0 radical (unpaired) electrons. The van der Waals surface area contributed by atoms with E-state index in [1.54, 1.807) is 47.8 Å². The molecule has 2 aromatic heterocycles. The fourth-order valence-electron chi connectivity index (χ4n) is 2.51. The van der Waals surface area contributed by atoms with Gasteiger partial charge in [-0.2, -0.15) is 0 Å². The number of benzene rings is 2. The number of para-hydroxylation sites is 1. The zero-order chi connectivity index (χ0) is 18.1. The molecule has 7 heteroatoms. The predicted octanol–water partition coefficient (Wildman–Crippen LogP) is 4.82. The number of aromatic nitrogens is 1. The molecule has 0 aliphatic rings. The van der Waals surface area contributed by atoms with Crippen molar-refractivity contribution in [1.29, 1.82) is 0 Å². The maximum atomic E-state index is 12.3. The Kier molecular flexibility index (Phi) is 4.28. The Morgan fingerprint density at radius 1 is 1.12 bits per heavy atom. The minimum absolute atomic E-state index is 0.346. The molecular formula is C19H11ClN2O3S. The fraction of sp³-hybridized carbons (Fsp3) is 0. The van der Waals surface area contributed by atoms with Crippen LogP contribution < -0.4 is 10.9 Å². The molecule has 5 nitrogen and oxygen atoms in total. The van der Waals surface area contributed by atoms with Gasteiger partial charge < -0.3 is 4.42 Å². The van der Waals surface area contributed by atoms with Crippen molar-refractivity contribution in [3.63, 3.8) is 0 Å². The SMILES string of the molecule is O=C(Nc1nc(-c2cc3ccccc3oc2=O)cs1)c1ccccc1Cl. The molecule has 0 saturated carbocycles. The number of hydrogen-bond acceptors (Lipinski definition) is 5. The van der Waals surface area contributed by atoms with Crippen LogP contribution in [0.4, 0.5) is 5.13 Å². The Morgan fingerprint density at radius 2 is 1.88 bits per heavy atom. The lowest BCUT2D eigenvalue weighted by molar-refractivity contribution is 0.102. The van der Waals surface area contributed by atoms with Gasteiger partial charge in [-0.25, -0.2) is 9.78 Å². The summed E-state index contributed by atoms with van der Waals surface area (Å²) in [7, 11) is 0. The number of halogens is 1. The highest BCUT2D eigenvalue weighted by molar-refractivity contribution is 7.14. The van der Waals surface area contributed by atoms with Crippen LogP contribution >= 0.6 is 22.9 Å². The highest BCUT2D eigenvalue weighted by atomic mass is 35.5. The molecule has 0 aliphatic carbocycles. The Bertz CT molecular complexity index is 1180. The molecule has 128 valence electrons. The lowest BCUT2D eigenvalue weighted by Gasteiger charge is -2.03. The molecule has 4 rings (SSSR count). The van der Waals surface area contributed by atoms with Gasteiger partial charge in [-0.1, -0.05) is 41.9 Å². The largest absolute Gasteiger partial charge is 0.422 e. The number of rotatable bonds is 3. The van der Waals surface area contributed by atoms with Crippen LogP contribution in [0.25, 0.3) is 22.2 Å². The topological polar surface area (TPSA) is 72.2 Å². The van der Waals surface area contributed by atoms with Crippen LogP contribution in [-0.4, -0.2) is 10.9 Å². The van der Waals surface area contributed by atoms with Crippen LogP contribution in [0.2, 0.25) is 5.02 Å². The third-order valence-electron chi connectivity index (χ3n) is 3.76. The number of carbonyl (C=O) groups is 1. The Balaban J connectivity index is 1.64. The number of hydrogen-bond donors (Lipinski definition) is 1. The van der Waals surface area contributed by atoms with E-state index in [-0.39, 0.29) is 5.91 Å². The first-order valence-electron chi connectivity index (χ1n) is 7.66. The second kappa shape index (κ2) is 6.74. The number of amides is 1. The lowest BCUT2D eigenvalue weighted by Crippen LogP contribution is -2.12. The summed E-state index contributed by atoms with van der Waals surface area (Å²) < 4.78 is 5.33. The first-order chi connectivity index (χ1) is 12.6. The van der Waals surface area contributed by atoms with Gasteiger partial charge in [0.1, 0.15) is 5.58 Å². The Labute approximate surface area is 156 Å². The number of anilines is 1. The average Bonchev–Trinajstić information content (AvgIpc) is 3.09. The van der Waals surface area contributed by atoms with Gasteiger partial charge in [0.2, 0.25) is 0 Å². The van der Waals surface area contributed by atoms with Gasteiger partial charge in [0.15, 0.2) is 5.13 Å². The summed E-state index contributed by atoms with van der Waals surface area (Å²) in [4.78, 5) is 28.9. The van der Waals surface area contributed by atoms with Gasteiger partial charge in [0, 0.05) is 10.8 Å². The molecular weight excluding hydrogens is 372 g/mol. The molecule has 0 aliphatic heterocycles. The minimum atomic E-state index is -0.474. The molecule has 0 atom stereocenters. The summed E-state index contributed by atoms with van der Waals surface area (Å²) in [5.41, 5.74) is 1.19. The maximum absolute atomic E-state index is 12.3. The van der Waals surface area contributed by atoms with Gasteiger partial charge in [0.25, 0.3) is 5.91 Å². The first-order valence-corrected chi connectivity index (χ1v) is 8.92. The summed E-state index contributed by atoms with van der Waals surface area (Å²) in [6.07, 6.45) is 0. The Hall–Kier alpha value is -2.96. The van der Waals surface area contributed by atoms with Crippen LogP contribution in [0.15, 0.2) is 69.2 Å². The average molecular weight is 383 g/mol. The van der Waals surface area contributed by atoms with Gasteiger partial charge in [-0.05, 0) is 24.3 Å². The third kappa shape index (κ3) is 3.12. The number of nitrogens with zero attached hydrogens (tertiary/aromatic N) is 1. The lowest BCUT2D eigenvalue weighted by atomic mass is 10.1. The van der Waals surface area contributed by atoms with E-state index in [4.69, 9.17) is 16.0 Å². The van der Waals surface area contributed by atoms with Gasteiger partial charge in [-0.15, -0.1) is 11.3 Å². The molecule has 0 spiro atoms. The van der Waals surface area contributed by atoms with Gasteiger partial charge in [0.05, 0.1) is 21.8 Å². The molecule has 1 amide bonds. The second-order valence-electron chi connectivity index (χ2n) is 5.46. The molecule has 0 fully saturated rings. The molecule has 2 aromatic carbocycles. The van der Waals surface area contributed by atoms with E-state index in [0.29, 0.717) is 32.6 Å². The summed E-state index contributed by atoms with van der Waals surface area (Å²) in [6.45, 7) is 0. The molecule has 0 bridgehead atoms. The van der Waals surface area contributed by atoms with Crippen molar-refractivity contribution in [3.8, 4) is 11.3 Å². The van der Waals surface area contributed by atoms with E-state index in [9.17, 15) is 9.59 Å². The highest BCUT2D eigenvalue weighted by Gasteiger charge is 2.15. The molecule has 2 heterocycles. The van der Waals surface area contributed by atoms with Crippen LogP contribution in [0.1, 0.15) is 10.4 Å². The molecule has 26 heavy (non-hydrogen) atoms. The van der Waals surface area contributed by atoms with Crippen molar-refractivity contribution >= 4 is 44.9 Å². The fourth-order valence-corrected chi connectivity index (χ4v) is 3.43. The molecule has 1 N–H and O–H groups in total. The Morgan fingerprint density at radius 3 is 2.73 bits per heavy atom. The zero-order valence-corrected chi connectivity index (χ0v) is 14.8. The predicted molar refractivity (Wildman–Crippen MR) is 103 cm³/mol. The third-order valence-corrected chi connectivity index (χ3v) is 4.85. The van der Waals surface area contributed by atoms with Crippen LogP contribution in [-0.2, 0) is 0 Å². The van der Waals surface area contributed by atoms with E-state index < -0.39 is 5.63 Å². The highest BCUT2D eigenvalue weighted by Crippen LogP contribution is 2.26. The van der Waals surface area contributed by atoms with Crippen LogP contribution in [0.5, 0.6) is 0 Å². The summed E-state index contributed by atoms with van der Waals surface area (Å²) in [5.74, 6) is -0.359. The second-order valence-corrected chi connectivity index (χ2v) is 6.72. The first kappa shape index (κ1) is 16.5. The number of nitrogens with one attached hydrogen (secondary N) is 1. The number of fused-ring (bicyclic) bond motifs is 1. The molecule has 0 saturated heterocycles. The quantitative estimate of drug-likeness (QED) is 0.515. The van der Waals surface area contributed by atoms with E-state index in [1.807, 2.05) is 12.1 Å². The van der Waals surface area contributed by atoms with E-state index in [0.717, 1.165) is 5.39 Å².